The molecular weight excluding hydrogens is 390 g/mol. The van der Waals surface area contributed by atoms with Gasteiger partial charge in [0.25, 0.3) is 0 Å². The van der Waals surface area contributed by atoms with Crippen molar-refractivity contribution < 1.29 is 9.90 Å². The van der Waals surface area contributed by atoms with Gasteiger partial charge in [0, 0.05) is 10.7 Å². The zero-order valence-corrected chi connectivity index (χ0v) is 16.7. The number of anilines is 1. The number of halogens is 1. The van der Waals surface area contributed by atoms with Crippen LogP contribution >= 0.6 is 11.6 Å². The van der Waals surface area contributed by atoms with Crippen molar-refractivity contribution in [3.8, 4) is 6.07 Å². The average molecular weight is 410 g/mol. The number of aromatic amines is 1. The number of hydrogen-bond donors (Lipinski definition) is 3. The molecule has 1 aromatic heterocycles. The molecule has 29 heavy (non-hydrogen) atoms. The predicted molar refractivity (Wildman–Crippen MR) is 113 cm³/mol. The Hall–Kier alpha value is -3.34. The summed E-state index contributed by atoms with van der Waals surface area (Å²) in [6.07, 6.45) is 0. The number of amides is 1. The second-order valence-corrected chi connectivity index (χ2v) is 7.06. The molecule has 0 aliphatic carbocycles. The molecule has 2 aromatic carbocycles. The first kappa shape index (κ1) is 20.4. The number of nitriles is 1. The molecule has 3 aromatic rings. The summed E-state index contributed by atoms with van der Waals surface area (Å²) >= 11 is 5.84. The predicted octanol–water partition coefficient (Wildman–Crippen LogP) is 3.97. The highest BCUT2D eigenvalue weighted by Gasteiger charge is 2.22. The number of carbonyl (C=O) groups excluding carboxylic acids is 1. The molecule has 0 saturated carbocycles. The van der Waals surface area contributed by atoms with E-state index in [1.165, 1.54) is 0 Å². The highest BCUT2D eigenvalue weighted by Crippen LogP contribution is 2.21. The van der Waals surface area contributed by atoms with E-state index in [9.17, 15) is 15.2 Å². The molecule has 0 spiro atoms. The first-order valence-corrected chi connectivity index (χ1v) is 9.31. The van der Waals surface area contributed by atoms with Gasteiger partial charge in [-0.15, -0.1) is 0 Å². The van der Waals surface area contributed by atoms with Crippen LogP contribution in [0.25, 0.3) is 16.6 Å². The van der Waals surface area contributed by atoms with Crippen LogP contribution in [0.4, 0.5) is 5.69 Å². The highest BCUT2D eigenvalue weighted by atomic mass is 35.5. The Balaban J connectivity index is 1.74. The van der Waals surface area contributed by atoms with Crippen LogP contribution in [0.3, 0.4) is 0 Å². The number of aromatic nitrogens is 2. The number of carbonyl (C=O) groups is 1. The Kier molecular flexibility index (Phi) is 6.17. The van der Waals surface area contributed by atoms with Gasteiger partial charge in [0.2, 0.25) is 5.91 Å². The van der Waals surface area contributed by atoms with Gasteiger partial charge in [-0.25, -0.2) is 4.98 Å². The van der Waals surface area contributed by atoms with Gasteiger partial charge < -0.3 is 15.4 Å². The SMILES string of the molecule is C[C@H](/C(O)=C(\C#N)c1nc2ccccc2[nH]1)N(C)CC(=O)Nc1ccc(Cl)cc1. The number of rotatable bonds is 6. The van der Waals surface area contributed by atoms with Gasteiger partial charge in [-0.1, -0.05) is 23.7 Å². The zero-order valence-electron chi connectivity index (χ0n) is 16.0. The largest absolute Gasteiger partial charge is 0.509 e. The number of nitrogens with zero attached hydrogens (tertiary/aromatic N) is 3. The summed E-state index contributed by atoms with van der Waals surface area (Å²) in [6, 6.07) is 15.6. The molecule has 7 nitrogen and oxygen atoms in total. The van der Waals surface area contributed by atoms with Crippen LogP contribution in [0, 0.1) is 11.3 Å². The number of H-pyrrole nitrogens is 1. The normalized spacial score (nSPS) is 13.1. The topological polar surface area (TPSA) is 105 Å². The number of para-hydroxylation sites is 2. The maximum Gasteiger partial charge on any atom is 0.238 e. The fraction of sp³-hybridized carbons (Fsp3) is 0.190. The van der Waals surface area contributed by atoms with E-state index in [4.69, 9.17) is 11.6 Å². The van der Waals surface area contributed by atoms with Gasteiger partial charge in [-0.2, -0.15) is 5.26 Å². The van der Waals surface area contributed by atoms with E-state index >= 15 is 0 Å². The van der Waals surface area contributed by atoms with Crippen LogP contribution in [0.15, 0.2) is 54.3 Å². The number of imidazole rings is 1. The average Bonchev–Trinajstić information content (AvgIpc) is 3.13. The monoisotopic (exact) mass is 409 g/mol. The van der Waals surface area contributed by atoms with Crippen molar-refractivity contribution >= 4 is 39.8 Å². The third kappa shape index (κ3) is 4.74. The molecule has 0 aliphatic rings. The summed E-state index contributed by atoms with van der Waals surface area (Å²) < 4.78 is 0. The van der Waals surface area contributed by atoms with E-state index in [-0.39, 0.29) is 29.6 Å². The molecule has 0 fully saturated rings. The van der Waals surface area contributed by atoms with E-state index < -0.39 is 6.04 Å². The molecule has 148 valence electrons. The van der Waals surface area contributed by atoms with Crippen molar-refractivity contribution in [1.29, 1.82) is 5.26 Å². The van der Waals surface area contributed by atoms with Gasteiger partial charge in [-0.05, 0) is 50.4 Å². The van der Waals surface area contributed by atoms with Crippen molar-refractivity contribution in [2.45, 2.75) is 13.0 Å². The van der Waals surface area contributed by atoms with E-state index in [2.05, 4.69) is 15.3 Å². The van der Waals surface area contributed by atoms with Gasteiger partial charge in [-0.3, -0.25) is 9.69 Å². The van der Waals surface area contributed by atoms with Crippen LogP contribution in [-0.4, -0.2) is 45.5 Å². The number of aliphatic hydroxyl groups is 1. The van der Waals surface area contributed by atoms with E-state index in [0.29, 0.717) is 16.2 Å². The third-order valence-corrected chi connectivity index (χ3v) is 4.82. The second-order valence-electron chi connectivity index (χ2n) is 6.62. The Bertz CT molecular complexity index is 1070. The van der Waals surface area contributed by atoms with E-state index in [0.717, 1.165) is 5.52 Å². The maximum absolute atomic E-state index is 12.3. The van der Waals surface area contributed by atoms with Gasteiger partial charge in [0.1, 0.15) is 17.4 Å². The molecule has 3 N–H and O–H groups in total. The van der Waals surface area contributed by atoms with Crippen molar-refractivity contribution in [2.24, 2.45) is 0 Å². The number of allylic oxidation sites excluding steroid dienone is 1. The van der Waals surface area contributed by atoms with Crippen molar-refractivity contribution in [3.63, 3.8) is 0 Å². The molecule has 0 bridgehead atoms. The summed E-state index contributed by atoms with van der Waals surface area (Å²) in [4.78, 5) is 21.3. The summed E-state index contributed by atoms with van der Waals surface area (Å²) in [5.41, 5.74) is 2.14. The lowest BCUT2D eigenvalue weighted by molar-refractivity contribution is -0.117. The molecule has 1 amide bonds. The summed E-state index contributed by atoms with van der Waals surface area (Å²) in [5, 5.41) is 23.6. The number of hydrogen-bond acceptors (Lipinski definition) is 5. The standard InChI is InChI=1S/C21H20ClN5O2/c1-13(27(2)12-19(28)24-15-9-7-14(22)8-10-15)20(29)16(11-23)21-25-17-5-3-4-6-18(17)26-21/h3-10,13,29H,12H2,1-2H3,(H,24,28)(H,25,26)/b20-16-/t13-/m1/s1. The van der Waals surface area contributed by atoms with Gasteiger partial charge in [0.15, 0.2) is 5.82 Å². The molecule has 3 rings (SSSR count). The number of aliphatic hydroxyl groups excluding tert-OH is 1. The van der Waals surface area contributed by atoms with Crippen molar-refractivity contribution in [2.75, 3.05) is 18.9 Å². The molecular formula is C21H20ClN5O2. The Labute approximate surface area is 173 Å². The number of likely N-dealkylation sites (N-methyl/N-ethyl adjacent to an activating group) is 1. The molecule has 0 unspecified atom stereocenters. The zero-order chi connectivity index (χ0) is 21.0. The first-order valence-electron chi connectivity index (χ1n) is 8.93. The molecule has 0 aliphatic heterocycles. The molecule has 8 heteroatoms. The van der Waals surface area contributed by atoms with Crippen LogP contribution in [-0.2, 0) is 4.79 Å². The first-order chi connectivity index (χ1) is 13.9. The number of nitrogens with one attached hydrogen (secondary N) is 2. The summed E-state index contributed by atoms with van der Waals surface area (Å²) in [7, 11) is 1.69. The van der Waals surface area contributed by atoms with Crippen LogP contribution in [0.2, 0.25) is 5.02 Å². The van der Waals surface area contributed by atoms with Gasteiger partial charge >= 0.3 is 0 Å². The van der Waals surface area contributed by atoms with Crippen LogP contribution < -0.4 is 5.32 Å². The third-order valence-electron chi connectivity index (χ3n) is 4.57. The van der Waals surface area contributed by atoms with Gasteiger partial charge in [0.05, 0.1) is 23.6 Å². The van der Waals surface area contributed by atoms with Crippen molar-refractivity contribution in [1.82, 2.24) is 14.9 Å². The minimum absolute atomic E-state index is 0.0205. The fourth-order valence-corrected chi connectivity index (χ4v) is 2.94. The quantitative estimate of drug-likeness (QED) is 0.422. The van der Waals surface area contributed by atoms with Crippen LogP contribution in [0.1, 0.15) is 12.7 Å². The second kappa shape index (κ2) is 8.78. The highest BCUT2D eigenvalue weighted by molar-refractivity contribution is 6.30. The lowest BCUT2D eigenvalue weighted by Crippen LogP contribution is -2.37. The fourth-order valence-electron chi connectivity index (χ4n) is 2.82. The summed E-state index contributed by atoms with van der Waals surface area (Å²) in [6.45, 7) is 1.73. The van der Waals surface area contributed by atoms with Crippen molar-refractivity contribution in [3.05, 3.63) is 65.1 Å². The molecule has 1 heterocycles. The Morgan fingerprint density at radius 2 is 2.00 bits per heavy atom. The Morgan fingerprint density at radius 3 is 2.66 bits per heavy atom. The molecule has 0 saturated heterocycles. The minimum Gasteiger partial charge on any atom is -0.509 e. The summed E-state index contributed by atoms with van der Waals surface area (Å²) in [5.74, 6) is -0.123. The minimum atomic E-state index is -0.575. The van der Waals surface area contributed by atoms with E-state index in [1.807, 2.05) is 30.3 Å². The number of fused-ring (bicyclic) bond motifs is 1. The lowest BCUT2D eigenvalue weighted by Gasteiger charge is -2.24. The number of benzene rings is 2. The lowest BCUT2D eigenvalue weighted by atomic mass is 10.1. The maximum atomic E-state index is 12.3. The van der Waals surface area contributed by atoms with E-state index in [1.54, 1.807) is 43.1 Å². The van der Waals surface area contributed by atoms with Crippen LogP contribution in [0.5, 0.6) is 0 Å². The molecule has 1 atom stereocenters. The smallest absolute Gasteiger partial charge is 0.238 e. The Morgan fingerprint density at radius 1 is 1.31 bits per heavy atom. The molecule has 0 radical (unpaired) electrons.